The maximum Gasteiger partial charge on any atom is 0.417 e. The Hall–Kier alpha value is -2.55. The van der Waals surface area contributed by atoms with Gasteiger partial charge in [-0.15, -0.1) is 0 Å². The van der Waals surface area contributed by atoms with Crippen LogP contribution in [0.3, 0.4) is 0 Å². The zero-order chi connectivity index (χ0) is 21.8. The lowest BCUT2D eigenvalue weighted by atomic mass is 9.92. The van der Waals surface area contributed by atoms with E-state index in [2.05, 4.69) is 31.7 Å². The number of carbonyl (C=O) groups is 1. The highest BCUT2D eigenvalue weighted by molar-refractivity contribution is 9.10. The largest absolute Gasteiger partial charge is 0.417 e. The Labute approximate surface area is 175 Å². The van der Waals surface area contributed by atoms with Gasteiger partial charge in [-0.05, 0) is 56.2 Å². The van der Waals surface area contributed by atoms with Gasteiger partial charge in [-0.1, -0.05) is 39.3 Å². The summed E-state index contributed by atoms with van der Waals surface area (Å²) in [7, 11) is 1.45. The number of hydrogen-bond donors (Lipinski definition) is 2. The second-order valence-electron chi connectivity index (χ2n) is 6.84. The summed E-state index contributed by atoms with van der Waals surface area (Å²) in [6, 6.07) is 10.3. The molecule has 0 bridgehead atoms. The maximum absolute atomic E-state index is 13.0. The Morgan fingerprint density at radius 2 is 1.83 bits per heavy atom. The van der Waals surface area contributed by atoms with E-state index in [1.54, 1.807) is 20.8 Å². The summed E-state index contributed by atoms with van der Waals surface area (Å²) >= 11 is 2.87. The first kappa shape index (κ1) is 22.7. The Balaban J connectivity index is 2.18. The molecule has 2 rings (SSSR count). The fraction of sp³-hybridized carbons (Fsp3) is 0.300. The normalized spacial score (nSPS) is 12.5. The molecule has 0 aliphatic rings. The lowest BCUT2D eigenvalue weighted by Crippen LogP contribution is -2.43. The molecule has 0 spiro atoms. The van der Waals surface area contributed by atoms with Crippen molar-refractivity contribution in [3.8, 4) is 0 Å². The average molecular weight is 472 g/mol. The fourth-order valence-electron chi connectivity index (χ4n) is 2.66. The SMILES string of the molecule is CON=C(C)c1cccc(C(C)(C)NC(=O)Nc2ccc(Br)c(C(F)(F)F)c2)c1. The number of urea groups is 1. The summed E-state index contributed by atoms with van der Waals surface area (Å²) in [5, 5.41) is 9.12. The molecule has 0 atom stereocenters. The van der Waals surface area contributed by atoms with Crippen LogP contribution in [0.15, 0.2) is 52.1 Å². The van der Waals surface area contributed by atoms with Crippen molar-refractivity contribution in [2.75, 3.05) is 12.4 Å². The minimum atomic E-state index is -4.53. The smallest absolute Gasteiger partial charge is 0.399 e. The molecule has 5 nitrogen and oxygen atoms in total. The van der Waals surface area contributed by atoms with Crippen LogP contribution < -0.4 is 10.6 Å². The van der Waals surface area contributed by atoms with Crippen LogP contribution in [0, 0.1) is 0 Å². The van der Waals surface area contributed by atoms with E-state index in [4.69, 9.17) is 4.84 Å². The van der Waals surface area contributed by atoms with Gasteiger partial charge >= 0.3 is 12.2 Å². The third kappa shape index (κ3) is 5.96. The van der Waals surface area contributed by atoms with Crippen molar-refractivity contribution in [1.82, 2.24) is 5.32 Å². The van der Waals surface area contributed by atoms with E-state index in [9.17, 15) is 18.0 Å². The number of amides is 2. The Kier molecular flexibility index (Phi) is 6.94. The van der Waals surface area contributed by atoms with E-state index in [1.807, 2.05) is 24.3 Å². The first-order valence-electron chi connectivity index (χ1n) is 8.58. The number of alkyl halides is 3. The summed E-state index contributed by atoms with van der Waals surface area (Å²) in [4.78, 5) is 17.2. The van der Waals surface area contributed by atoms with Crippen LogP contribution in [0.25, 0.3) is 0 Å². The molecule has 2 aromatic rings. The Bertz CT molecular complexity index is 927. The van der Waals surface area contributed by atoms with Gasteiger partial charge in [-0.3, -0.25) is 0 Å². The highest BCUT2D eigenvalue weighted by Gasteiger charge is 2.33. The van der Waals surface area contributed by atoms with E-state index in [1.165, 1.54) is 19.2 Å². The van der Waals surface area contributed by atoms with Crippen LogP contribution in [0.5, 0.6) is 0 Å². The second-order valence-corrected chi connectivity index (χ2v) is 7.69. The number of nitrogens with one attached hydrogen (secondary N) is 2. The zero-order valence-electron chi connectivity index (χ0n) is 16.3. The number of benzene rings is 2. The minimum absolute atomic E-state index is 0.0330. The van der Waals surface area contributed by atoms with Crippen LogP contribution in [0.4, 0.5) is 23.7 Å². The van der Waals surface area contributed by atoms with Gasteiger partial charge in [0.2, 0.25) is 0 Å². The summed E-state index contributed by atoms with van der Waals surface area (Å²) in [6.07, 6.45) is -4.53. The van der Waals surface area contributed by atoms with Gasteiger partial charge in [-0.2, -0.15) is 13.2 Å². The summed E-state index contributed by atoms with van der Waals surface area (Å²) in [5.41, 5.74) is 0.658. The van der Waals surface area contributed by atoms with Crippen LogP contribution in [-0.4, -0.2) is 18.9 Å². The highest BCUT2D eigenvalue weighted by atomic mass is 79.9. The molecular weight excluding hydrogens is 451 g/mol. The Morgan fingerprint density at radius 1 is 1.14 bits per heavy atom. The molecule has 0 unspecified atom stereocenters. The molecule has 9 heteroatoms. The highest BCUT2D eigenvalue weighted by Crippen LogP contribution is 2.36. The fourth-order valence-corrected chi connectivity index (χ4v) is 3.13. The standard InChI is InChI=1S/C20H21BrF3N3O2/c1-12(27-29-4)13-6-5-7-14(10-13)19(2,3)26-18(28)25-15-8-9-17(21)16(11-15)20(22,23)24/h5-11H,1-4H3,(H2,25,26,28). The lowest BCUT2D eigenvalue weighted by molar-refractivity contribution is -0.138. The molecule has 0 aromatic heterocycles. The van der Waals surface area contributed by atoms with Crippen molar-refractivity contribution in [3.05, 3.63) is 63.6 Å². The summed E-state index contributed by atoms with van der Waals surface area (Å²) in [5.74, 6) is 0. The lowest BCUT2D eigenvalue weighted by Gasteiger charge is -2.27. The summed E-state index contributed by atoms with van der Waals surface area (Å²) in [6.45, 7) is 5.37. The van der Waals surface area contributed by atoms with Crippen molar-refractivity contribution in [1.29, 1.82) is 0 Å². The van der Waals surface area contributed by atoms with E-state index < -0.39 is 23.3 Å². The number of anilines is 1. The Morgan fingerprint density at radius 3 is 2.45 bits per heavy atom. The first-order valence-corrected chi connectivity index (χ1v) is 9.38. The molecule has 0 fully saturated rings. The van der Waals surface area contributed by atoms with Crippen molar-refractivity contribution >= 4 is 33.4 Å². The van der Waals surface area contributed by atoms with Crippen LogP contribution in [0.1, 0.15) is 37.5 Å². The average Bonchev–Trinajstić information content (AvgIpc) is 2.62. The van der Waals surface area contributed by atoms with Crippen molar-refractivity contribution in [2.45, 2.75) is 32.5 Å². The molecule has 0 radical (unpaired) electrons. The second kappa shape index (κ2) is 8.86. The van der Waals surface area contributed by atoms with Crippen molar-refractivity contribution < 1.29 is 22.8 Å². The predicted molar refractivity (Wildman–Crippen MR) is 110 cm³/mol. The molecule has 0 saturated heterocycles. The third-order valence-corrected chi connectivity index (χ3v) is 4.88. The molecule has 2 N–H and O–H groups in total. The molecule has 0 aliphatic heterocycles. The van der Waals surface area contributed by atoms with Gasteiger partial charge in [-0.25, -0.2) is 4.79 Å². The van der Waals surface area contributed by atoms with E-state index >= 15 is 0 Å². The van der Waals surface area contributed by atoms with Gasteiger partial charge < -0.3 is 15.5 Å². The zero-order valence-corrected chi connectivity index (χ0v) is 17.9. The monoisotopic (exact) mass is 471 g/mol. The number of oxime groups is 1. The van der Waals surface area contributed by atoms with Crippen LogP contribution in [-0.2, 0) is 16.6 Å². The molecule has 156 valence electrons. The number of rotatable bonds is 5. The van der Waals surface area contributed by atoms with Gasteiger partial charge in [0.05, 0.1) is 16.8 Å². The minimum Gasteiger partial charge on any atom is -0.399 e. The molecule has 2 aromatic carbocycles. The molecule has 0 saturated carbocycles. The van der Waals surface area contributed by atoms with E-state index in [0.717, 1.165) is 17.2 Å². The molecule has 29 heavy (non-hydrogen) atoms. The van der Waals surface area contributed by atoms with Gasteiger partial charge in [0.15, 0.2) is 0 Å². The van der Waals surface area contributed by atoms with Crippen LogP contribution >= 0.6 is 15.9 Å². The van der Waals surface area contributed by atoms with Gasteiger partial charge in [0, 0.05) is 10.2 Å². The molecule has 0 aliphatic carbocycles. The van der Waals surface area contributed by atoms with Gasteiger partial charge in [0.25, 0.3) is 0 Å². The predicted octanol–water partition coefficient (Wildman–Crippen LogP) is 5.90. The number of halogens is 4. The van der Waals surface area contributed by atoms with E-state index in [0.29, 0.717) is 5.71 Å². The molecular formula is C20H21BrF3N3O2. The van der Waals surface area contributed by atoms with E-state index in [-0.39, 0.29) is 10.2 Å². The quantitative estimate of drug-likeness (QED) is 0.421. The summed E-state index contributed by atoms with van der Waals surface area (Å²) < 4.78 is 39.0. The number of nitrogens with zero attached hydrogens (tertiary/aromatic N) is 1. The van der Waals surface area contributed by atoms with Crippen molar-refractivity contribution in [3.63, 3.8) is 0 Å². The topological polar surface area (TPSA) is 62.7 Å². The number of carbonyl (C=O) groups excluding carboxylic acids is 1. The molecule has 0 heterocycles. The first-order chi connectivity index (χ1) is 13.4. The van der Waals surface area contributed by atoms with Crippen LogP contribution in [0.2, 0.25) is 0 Å². The maximum atomic E-state index is 13.0. The van der Waals surface area contributed by atoms with Crippen molar-refractivity contribution in [2.24, 2.45) is 5.16 Å². The number of hydrogen-bond acceptors (Lipinski definition) is 3. The third-order valence-electron chi connectivity index (χ3n) is 4.19. The van der Waals surface area contributed by atoms with Gasteiger partial charge in [0.1, 0.15) is 7.11 Å². The molecule has 2 amide bonds.